The lowest BCUT2D eigenvalue weighted by molar-refractivity contribution is -0.144. The number of aromatic amines is 1. The Bertz CT molecular complexity index is 913. The van der Waals surface area contributed by atoms with Gasteiger partial charge in [0, 0.05) is 6.07 Å². The third-order valence-electron chi connectivity index (χ3n) is 3.37. The number of nitrogens with one attached hydrogen (secondary N) is 1. The first kappa shape index (κ1) is 16.0. The van der Waals surface area contributed by atoms with Gasteiger partial charge in [0.25, 0.3) is 11.4 Å². The fourth-order valence-corrected chi connectivity index (χ4v) is 2.12. The van der Waals surface area contributed by atoms with Gasteiger partial charge in [-0.25, -0.2) is 0 Å². The Morgan fingerprint density at radius 3 is 2.58 bits per heavy atom. The molecule has 0 fully saturated rings. The molecule has 9 heteroatoms. The summed E-state index contributed by atoms with van der Waals surface area (Å²) in [5, 5.41) is 3.16. The van der Waals surface area contributed by atoms with E-state index in [0.717, 1.165) is 18.1 Å². The molecule has 0 aliphatic heterocycles. The highest BCUT2D eigenvalue weighted by atomic mass is 19.4. The molecule has 0 spiro atoms. The molecule has 24 heavy (non-hydrogen) atoms. The van der Waals surface area contributed by atoms with E-state index in [-0.39, 0.29) is 12.4 Å². The van der Waals surface area contributed by atoms with E-state index in [1.54, 1.807) is 12.1 Å². The number of ether oxygens (including phenoxy) is 1. The van der Waals surface area contributed by atoms with Crippen molar-refractivity contribution < 1.29 is 17.9 Å². The molecule has 3 aromatic rings. The van der Waals surface area contributed by atoms with Crippen LogP contribution in [0.2, 0.25) is 0 Å². The first-order valence-corrected chi connectivity index (χ1v) is 7.14. The van der Waals surface area contributed by atoms with Crippen molar-refractivity contribution in [1.29, 1.82) is 0 Å². The second-order valence-corrected chi connectivity index (χ2v) is 5.09. The summed E-state index contributed by atoms with van der Waals surface area (Å²) in [6.45, 7) is 2.02. The third-order valence-corrected chi connectivity index (χ3v) is 3.37. The van der Waals surface area contributed by atoms with Crippen molar-refractivity contribution in [3.05, 3.63) is 57.8 Å². The van der Waals surface area contributed by atoms with Crippen LogP contribution in [-0.2, 0) is 19.2 Å². The topological polar surface area (TPSA) is 72.3 Å². The van der Waals surface area contributed by atoms with Crippen LogP contribution in [0.15, 0.2) is 35.1 Å². The molecule has 0 unspecified atom stereocenters. The minimum Gasteiger partial charge on any atom is -0.487 e. The van der Waals surface area contributed by atoms with Crippen molar-refractivity contribution in [2.45, 2.75) is 26.1 Å². The molecule has 0 atom stereocenters. The highest BCUT2D eigenvalue weighted by Gasteiger charge is 2.36. The summed E-state index contributed by atoms with van der Waals surface area (Å²) in [6.07, 6.45) is -3.82. The number of nitrogens with zero attached hydrogens (tertiary/aromatic N) is 3. The Kier molecular flexibility index (Phi) is 4.00. The van der Waals surface area contributed by atoms with E-state index in [1.807, 2.05) is 19.1 Å². The monoisotopic (exact) mass is 338 g/mol. The van der Waals surface area contributed by atoms with E-state index in [2.05, 4.69) is 15.1 Å². The van der Waals surface area contributed by atoms with Gasteiger partial charge in [-0.3, -0.25) is 4.79 Å². The van der Waals surface area contributed by atoms with Gasteiger partial charge in [0.15, 0.2) is 0 Å². The fourth-order valence-electron chi connectivity index (χ4n) is 2.12. The van der Waals surface area contributed by atoms with Gasteiger partial charge in [-0.2, -0.15) is 22.7 Å². The van der Waals surface area contributed by atoms with Gasteiger partial charge in [-0.1, -0.05) is 19.1 Å². The zero-order chi connectivity index (χ0) is 17.3. The van der Waals surface area contributed by atoms with Gasteiger partial charge in [-0.05, 0) is 24.1 Å². The van der Waals surface area contributed by atoms with Crippen LogP contribution in [0.4, 0.5) is 13.2 Å². The number of rotatable bonds is 4. The smallest absolute Gasteiger partial charge is 0.453 e. The van der Waals surface area contributed by atoms with Gasteiger partial charge >= 0.3 is 6.18 Å². The Balaban J connectivity index is 1.83. The maximum Gasteiger partial charge on any atom is 0.453 e. The molecular weight excluding hydrogens is 325 g/mol. The molecule has 0 bridgehead atoms. The van der Waals surface area contributed by atoms with E-state index >= 15 is 0 Å². The van der Waals surface area contributed by atoms with Crippen molar-refractivity contribution in [2.75, 3.05) is 0 Å². The standard InChI is InChI=1S/C15H13F3N4O2/c1-2-9-3-5-11(6-4-9)24-8-10-7-12(23)22-14(19-10)20-13(21-22)15(16,17)18/h3-7H,2,8H2,1H3,(H,19,20,21). The number of benzene rings is 1. The lowest BCUT2D eigenvalue weighted by Crippen LogP contribution is -2.17. The van der Waals surface area contributed by atoms with Crippen LogP contribution >= 0.6 is 0 Å². The number of halogens is 3. The van der Waals surface area contributed by atoms with Crippen LogP contribution < -0.4 is 10.3 Å². The molecular formula is C15H13F3N4O2. The first-order chi connectivity index (χ1) is 11.4. The summed E-state index contributed by atoms with van der Waals surface area (Å²) in [7, 11) is 0. The summed E-state index contributed by atoms with van der Waals surface area (Å²) >= 11 is 0. The van der Waals surface area contributed by atoms with E-state index < -0.39 is 17.6 Å². The highest BCUT2D eigenvalue weighted by Crippen LogP contribution is 2.25. The molecule has 0 saturated carbocycles. The molecule has 1 N–H and O–H groups in total. The predicted molar refractivity (Wildman–Crippen MR) is 78.8 cm³/mol. The molecule has 2 heterocycles. The predicted octanol–water partition coefficient (Wildman–Crippen LogP) is 2.58. The van der Waals surface area contributed by atoms with Crippen molar-refractivity contribution >= 4 is 5.78 Å². The molecule has 1 aromatic carbocycles. The average molecular weight is 338 g/mol. The van der Waals surface area contributed by atoms with Crippen molar-refractivity contribution in [3.63, 3.8) is 0 Å². The molecule has 6 nitrogen and oxygen atoms in total. The van der Waals surface area contributed by atoms with E-state index in [1.165, 1.54) is 0 Å². The van der Waals surface area contributed by atoms with Crippen LogP contribution in [0.25, 0.3) is 5.78 Å². The number of fused-ring (bicyclic) bond motifs is 1. The molecule has 0 aliphatic rings. The highest BCUT2D eigenvalue weighted by molar-refractivity contribution is 5.30. The molecule has 2 aromatic heterocycles. The van der Waals surface area contributed by atoms with Crippen molar-refractivity contribution in [1.82, 2.24) is 19.6 Å². The lowest BCUT2D eigenvalue weighted by atomic mass is 10.2. The summed E-state index contributed by atoms with van der Waals surface area (Å²) < 4.78 is 43.9. The van der Waals surface area contributed by atoms with E-state index in [9.17, 15) is 18.0 Å². The lowest BCUT2D eigenvalue weighted by Gasteiger charge is -2.07. The van der Waals surface area contributed by atoms with Crippen LogP contribution in [-0.4, -0.2) is 19.6 Å². The average Bonchev–Trinajstić information content (AvgIpc) is 2.98. The van der Waals surface area contributed by atoms with Gasteiger partial charge in [-0.15, -0.1) is 5.10 Å². The number of aryl methyl sites for hydroxylation is 1. The summed E-state index contributed by atoms with van der Waals surface area (Å²) in [6, 6.07) is 8.52. The zero-order valence-electron chi connectivity index (χ0n) is 12.6. The Morgan fingerprint density at radius 2 is 1.96 bits per heavy atom. The van der Waals surface area contributed by atoms with Crippen LogP contribution in [0, 0.1) is 0 Å². The van der Waals surface area contributed by atoms with Gasteiger partial charge in [0.2, 0.25) is 5.78 Å². The van der Waals surface area contributed by atoms with Crippen molar-refractivity contribution in [2.24, 2.45) is 0 Å². The summed E-state index contributed by atoms with van der Waals surface area (Å²) in [5.41, 5.74) is 0.736. The minimum atomic E-state index is -4.72. The first-order valence-electron chi connectivity index (χ1n) is 7.14. The van der Waals surface area contributed by atoms with Crippen LogP contribution in [0.1, 0.15) is 24.0 Å². The van der Waals surface area contributed by atoms with E-state index in [0.29, 0.717) is 16.0 Å². The molecule has 0 radical (unpaired) electrons. The number of hydrogen-bond donors (Lipinski definition) is 1. The Hall–Kier alpha value is -2.84. The molecule has 0 amide bonds. The molecule has 126 valence electrons. The largest absolute Gasteiger partial charge is 0.487 e. The Labute approximate surface area is 133 Å². The van der Waals surface area contributed by atoms with Gasteiger partial charge in [0.05, 0.1) is 5.69 Å². The molecule has 3 rings (SSSR count). The van der Waals surface area contributed by atoms with Crippen LogP contribution in [0.3, 0.4) is 0 Å². The normalized spacial score (nSPS) is 11.8. The van der Waals surface area contributed by atoms with Crippen LogP contribution in [0.5, 0.6) is 5.75 Å². The number of H-pyrrole nitrogens is 1. The fraction of sp³-hybridized carbons (Fsp3) is 0.267. The maximum atomic E-state index is 12.6. The zero-order valence-corrected chi connectivity index (χ0v) is 12.6. The number of hydrogen-bond acceptors (Lipinski definition) is 4. The second-order valence-electron chi connectivity index (χ2n) is 5.09. The van der Waals surface area contributed by atoms with Gasteiger partial charge < -0.3 is 9.72 Å². The van der Waals surface area contributed by atoms with Gasteiger partial charge in [0.1, 0.15) is 12.4 Å². The number of aromatic nitrogens is 4. The summed E-state index contributed by atoms with van der Waals surface area (Å²) in [5.74, 6) is -1.07. The second kappa shape index (κ2) is 5.99. The number of alkyl halides is 3. The quantitative estimate of drug-likeness (QED) is 0.794. The summed E-state index contributed by atoms with van der Waals surface area (Å²) in [4.78, 5) is 17.8. The van der Waals surface area contributed by atoms with Crippen molar-refractivity contribution in [3.8, 4) is 5.75 Å². The molecule has 0 aliphatic carbocycles. The minimum absolute atomic E-state index is 0.00851. The Morgan fingerprint density at radius 1 is 1.25 bits per heavy atom. The molecule has 0 saturated heterocycles. The SMILES string of the molecule is CCc1ccc(OCc2cc(=O)n3nc(C(F)(F)F)nc3[nH]2)cc1. The maximum absolute atomic E-state index is 12.6. The van der Waals surface area contributed by atoms with E-state index in [4.69, 9.17) is 4.74 Å². The third kappa shape index (κ3) is 3.24.